The van der Waals surface area contributed by atoms with Gasteiger partial charge < -0.3 is 9.47 Å². The maximum atomic E-state index is 14.3. The largest absolute Gasteiger partial charge is 0.467 e. The molecule has 0 saturated heterocycles. The molecule has 1 atom stereocenters. The maximum Gasteiger partial charge on any atom is 0.188 e. The number of hydrogen-bond donors (Lipinski definition) is 0. The van der Waals surface area contributed by atoms with Crippen LogP contribution >= 0.6 is 8.58 Å². The lowest BCUT2D eigenvalue weighted by Crippen LogP contribution is -2.13. The average molecular weight is 368 g/mol. The van der Waals surface area contributed by atoms with Crippen molar-refractivity contribution >= 4 is 19.2 Å². The predicted molar refractivity (Wildman–Crippen MR) is 107 cm³/mol. The van der Waals surface area contributed by atoms with Crippen LogP contribution in [0.4, 0.5) is 4.39 Å². The van der Waals surface area contributed by atoms with Crippen molar-refractivity contribution in [2.24, 2.45) is 0 Å². The van der Waals surface area contributed by atoms with Crippen LogP contribution in [0.2, 0.25) is 0 Å². The molecule has 1 unspecified atom stereocenters. The smallest absolute Gasteiger partial charge is 0.188 e. The van der Waals surface area contributed by atoms with Gasteiger partial charge in [0.25, 0.3) is 0 Å². The Hall–Kier alpha value is -2.22. The Morgan fingerprint density at radius 2 is 1.69 bits per heavy atom. The molecule has 2 nitrogen and oxygen atoms in total. The lowest BCUT2D eigenvalue weighted by atomic mass is 10.1. The van der Waals surface area contributed by atoms with Gasteiger partial charge in [0, 0.05) is 17.7 Å². The summed E-state index contributed by atoms with van der Waals surface area (Å²) in [6.45, 7) is 2.06. The summed E-state index contributed by atoms with van der Waals surface area (Å²) >= 11 is 0. The summed E-state index contributed by atoms with van der Waals surface area (Å²) in [4.78, 5) is 0. The van der Waals surface area contributed by atoms with Crippen molar-refractivity contribution in [2.75, 3.05) is 13.9 Å². The van der Waals surface area contributed by atoms with Gasteiger partial charge in [-0.2, -0.15) is 0 Å². The summed E-state index contributed by atoms with van der Waals surface area (Å²) in [7, 11) is 1.77. The molecule has 3 aromatic rings. The molecule has 0 aliphatic heterocycles. The molecule has 3 rings (SSSR count). The molecular formula is C22H22FO2P. The highest BCUT2D eigenvalue weighted by molar-refractivity contribution is 7.55. The van der Waals surface area contributed by atoms with Crippen molar-refractivity contribution in [3.8, 4) is 5.75 Å². The second kappa shape index (κ2) is 8.93. The Morgan fingerprint density at radius 1 is 0.885 bits per heavy atom. The number of benzene rings is 3. The highest BCUT2D eigenvalue weighted by Gasteiger charge is 2.10. The molecule has 0 aromatic heterocycles. The quantitative estimate of drug-likeness (QED) is 0.456. The van der Waals surface area contributed by atoms with Crippen molar-refractivity contribution in [3.05, 3.63) is 89.2 Å². The van der Waals surface area contributed by atoms with E-state index in [4.69, 9.17) is 9.47 Å². The monoisotopic (exact) mass is 368 g/mol. The summed E-state index contributed by atoms with van der Waals surface area (Å²) in [5.41, 5.74) is 3.34. The Kier molecular flexibility index (Phi) is 6.38. The molecule has 4 heteroatoms. The predicted octanol–water partition coefficient (Wildman–Crippen LogP) is 4.34. The van der Waals surface area contributed by atoms with E-state index in [-0.39, 0.29) is 21.2 Å². The number of hydrogen-bond acceptors (Lipinski definition) is 2. The van der Waals surface area contributed by atoms with Crippen molar-refractivity contribution in [1.82, 2.24) is 0 Å². The molecule has 0 N–H and O–H groups in total. The number of rotatable bonds is 7. The molecule has 0 fully saturated rings. The zero-order chi connectivity index (χ0) is 18.4. The van der Waals surface area contributed by atoms with Gasteiger partial charge in [-0.25, -0.2) is 4.39 Å². The molecule has 0 aliphatic carbocycles. The third-order valence-corrected chi connectivity index (χ3v) is 5.36. The SMILES string of the molecule is COCOc1ccc(Cc2ccccc2)cc1Pc1ccc(C)cc1F. The summed E-state index contributed by atoms with van der Waals surface area (Å²) in [5, 5.41) is 1.67. The van der Waals surface area contributed by atoms with Gasteiger partial charge in [-0.05, 0) is 48.2 Å². The fraction of sp³-hybridized carbons (Fsp3) is 0.182. The van der Waals surface area contributed by atoms with Crippen molar-refractivity contribution < 1.29 is 13.9 Å². The van der Waals surface area contributed by atoms with Crippen LogP contribution in [-0.4, -0.2) is 13.9 Å². The molecule has 0 radical (unpaired) electrons. The van der Waals surface area contributed by atoms with E-state index in [1.165, 1.54) is 11.1 Å². The first-order valence-corrected chi connectivity index (χ1v) is 9.47. The lowest BCUT2D eigenvalue weighted by Gasteiger charge is -2.14. The van der Waals surface area contributed by atoms with E-state index in [9.17, 15) is 4.39 Å². The van der Waals surface area contributed by atoms with Crippen LogP contribution in [0.1, 0.15) is 16.7 Å². The van der Waals surface area contributed by atoms with Crippen LogP contribution < -0.4 is 15.3 Å². The third kappa shape index (κ3) is 4.91. The Labute approximate surface area is 155 Å². The van der Waals surface area contributed by atoms with Crippen molar-refractivity contribution in [3.63, 3.8) is 0 Å². The van der Waals surface area contributed by atoms with Crippen LogP contribution in [0, 0.1) is 12.7 Å². The summed E-state index contributed by atoms with van der Waals surface area (Å²) in [6.07, 6.45) is 0.833. The second-order valence-electron chi connectivity index (χ2n) is 6.15. The topological polar surface area (TPSA) is 18.5 Å². The average Bonchev–Trinajstić information content (AvgIpc) is 2.64. The van der Waals surface area contributed by atoms with E-state index >= 15 is 0 Å². The van der Waals surface area contributed by atoms with Crippen molar-refractivity contribution in [2.45, 2.75) is 13.3 Å². The summed E-state index contributed by atoms with van der Waals surface area (Å²) in [5.74, 6) is 0.566. The van der Waals surface area contributed by atoms with E-state index in [1.807, 2.05) is 43.3 Å². The fourth-order valence-electron chi connectivity index (χ4n) is 2.73. The van der Waals surface area contributed by atoms with Gasteiger partial charge in [-0.15, -0.1) is 0 Å². The highest BCUT2D eigenvalue weighted by Crippen LogP contribution is 2.23. The molecule has 26 heavy (non-hydrogen) atoms. The Balaban J connectivity index is 1.89. The van der Waals surface area contributed by atoms with Gasteiger partial charge in [0.2, 0.25) is 0 Å². The highest BCUT2D eigenvalue weighted by atomic mass is 31.1. The summed E-state index contributed by atoms with van der Waals surface area (Å²) < 4.78 is 25.0. The van der Waals surface area contributed by atoms with Crippen LogP contribution in [0.25, 0.3) is 0 Å². The van der Waals surface area contributed by atoms with Crippen LogP contribution in [0.5, 0.6) is 5.75 Å². The minimum atomic E-state index is -0.172. The van der Waals surface area contributed by atoms with Crippen LogP contribution in [0.3, 0.4) is 0 Å². The van der Waals surface area contributed by atoms with Gasteiger partial charge in [-0.3, -0.25) is 0 Å². The van der Waals surface area contributed by atoms with E-state index in [1.54, 1.807) is 13.2 Å². The molecule has 0 heterocycles. The van der Waals surface area contributed by atoms with Gasteiger partial charge in [0.05, 0.1) is 0 Å². The van der Waals surface area contributed by atoms with Crippen molar-refractivity contribution in [1.29, 1.82) is 0 Å². The minimum Gasteiger partial charge on any atom is -0.467 e. The van der Waals surface area contributed by atoms with Crippen LogP contribution in [-0.2, 0) is 11.2 Å². The molecule has 0 bridgehead atoms. The van der Waals surface area contributed by atoms with Gasteiger partial charge in [-0.1, -0.05) is 57.1 Å². The first-order valence-electron chi connectivity index (χ1n) is 8.47. The Morgan fingerprint density at radius 3 is 2.42 bits per heavy atom. The van der Waals surface area contributed by atoms with E-state index in [2.05, 4.69) is 24.3 Å². The number of aryl methyl sites for hydroxylation is 1. The molecule has 3 aromatic carbocycles. The molecule has 134 valence electrons. The van der Waals surface area contributed by atoms with Gasteiger partial charge in [0.1, 0.15) is 11.6 Å². The maximum absolute atomic E-state index is 14.3. The Bertz CT molecular complexity index is 865. The molecule has 0 saturated carbocycles. The van der Waals surface area contributed by atoms with Gasteiger partial charge >= 0.3 is 0 Å². The second-order valence-corrected chi connectivity index (χ2v) is 7.48. The van der Waals surface area contributed by atoms with Crippen LogP contribution in [0.15, 0.2) is 66.7 Å². The molecule has 0 aliphatic rings. The standard InChI is InChI=1S/C22H22FO2P/c1-16-8-11-21(19(23)12-16)26-22-14-18(9-10-20(22)25-15-24-2)13-17-6-4-3-5-7-17/h3-12,14,26H,13,15H2,1-2H3. The fourth-order valence-corrected chi connectivity index (χ4v) is 3.92. The first kappa shape index (κ1) is 18.6. The zero-order valence-electron chi connectivity index (χ0n) is 15.0. The number of ether oxygens (including phenoxy) is 2. The number of methoxy groups -OCH3 is 1. The molecular weight excluding hydrogens is 346 g/mol. The lowest BCUT2D eigenvalue weighted by molar-refractivity contribution is 0.0519. The number of halogens is 1. The zero-order valence-corrected chi connectivity index (χ0v) is 16.0. The minimum absolute atomic E-state index is 0.172. The molecule has 0 spiro atoms. The van der Waals surface area contributed by atoms with E-state index < -0.39 is 0 Å². The van der Waals surface area contributed by atoms with Gasteiger partial charge in [0.15, 0.2) is 6.79 Å². The third-order valence-electron chi connectivity index (χ3n) is 4.02. The molecule has 0 amide bonds. The van der Waals surface area contributed by atoms with E-state index in [0.29, 0.717) is 5.30 Å². The summed E-state index contributed by atoms with van der Waals surface area (Å²) in [6, 6.07) is 21.8. The first-order chi connectivity index (χ1) is 12.7. The van der Waals surface area contributed by atoms with E-state index in [0.717, 1.165) is 23.0 Å². The normalized spacial score (nSPS) is 11.2.